The highest BCUT2D eigenvalue weighted by Gasteiger charge is 2.20. The lowest BCUT2D eigenvalue weighted by molar-refractivity contribution is 0.394. The SMILES string of the molecule is COc1cc(F)c(Cl)cc1C(C)(C)C. The molecule has 1 aromatic carbocycles. The van der Waals surface area contributed by atoms with Gasteiger partial charge >= 0.3 is 0 Å². The van der Waals surface area contributed by atoms with Gasteiger partial charge in [-0.15, -0.1) is 0 Å². The second-order valence-corrected chi connectivity index (χ2v) is 4.62. The number of rotatable bonds is 1. The molecule has 0 unspecified atom stereocenters. The predicted octanol–water partition coefficient (Wildman–Crippen LogP) is 3.79. The van der Waals surface area contributed by atoms with Crippen molar-refractivity contribution in [2.24, 2.45) is 0 Å². The van der Waals surface area contributed by atoms with E-state index in [1.807, 2.05) is 20.8 Å². The van der Waals surface area contributed by atoms with Crippen molar-refractivity contribution >= 4 is 11.6 Å². The quantitative estimate of drug-likeness (QED) is 0.694. The van der Waals surface area contributed by atoms with Gasteiger partial charge in [0.25, 0.3) is 0 Å². The Morgan fingerprint density at radius 1 is 1.29 bits per heavy atom. The van der Waals surface area contributed by atoms with E-state index >= 15 is 0 Å². The van der Waals surface area contributed by atoms with E-state index in [4.69, 9.17) is 16.3 Å². The van der Waals surface area contributed by atoms with Crippen LogP contribution in [0, 0.1) is 5.82 Å². The smallest absolute Gasteiger partial charge is 0.145 e. The summed E-state index contributed by atoms with van der Waals surface area (Å²) >= 11 is 5.72. The minimum Gasteiger partial charge on any atom is -0.496 e. The molecule has 0 aromatic heterocycles. The summed E-state index contributed by atoms with van der Waals surface area (Å²) in [4.78, 5) is 0. The van der Waals surface area contributed by atoms with E-state index in [1.165, 1.54) is 13.2 Å². The molecule has 14 heavy (non-hydrogen) atoms. The van der Waals surface area contributed by atoms with Gasteiger partial charge in [-0.1, -0.05) is 32.4 Å². The topological polar surface area (TPSA) is 9.23 Å². The second-order valence-electron chi connectivity index (χ2n) is 4.22. The number of hydrogen-bond donors (Lipinski definition) is 0. The molecule has 0 saturated carbocycles. The minimum atomic E-state index is -0.448. The maximum absolute atomic E-state index is 13.1. The fourth-order valence-corrected chi connectivity index (χ4v) is 1.45. The lowest BCUT2D eigenvalue weighted by Crippen LogP contribution is -2.13. The van der Waals surface area contributed by atoms with Crippen molar-refractivity contribution in [1.82, 2.24) is 0 Å². The molecule has 0 bridgehead atoms. The van der Waals surface area contributed by atoms with Crippen LogP contribution in [0.15, 0.2) is 12.1 Å². The molecule has 0 heterocycles. The molecule has 0 atom stereocenters. The summed E-state index contributed by atoms with van der Waals surface area (Å²) in [5, 5.41) is 0.135. The summed E-state index contributed by atoms with van der Waals surface area (Å²) in [7, 11) is 1.53. The van der Waals surface area contributed by atoms with E-state index in [-0.39, 0.29) is 10.4 Å². The molecule has 0 aliphatic carbocycles. The third-order valence-electron chi connectivity index (χ3n) is 2.05. The molecular formula is C11H14ClFO. The largest absolute Gasteiger partial charge is 0.496 e. The molecule has 1 nitrogen and oxygen atoms in total. The first kappa shape index (κ1) is 11.3. The van der Waals surface area contributed by atoms with Crippen molar-refractivity contribution in [3.8, 4) is 5.75 Å². The monoisotopic (exact) mass is 216 g/mol. The maximum Gasteiger partial charge on any atom is 0.145 e. The highest BCUT2D eigenvalue weighted by atomic mass is 35.5. The lowest BCUT2D eigenvalue weighted by Gasteiger charge is -2.22. The molecule has 0 aliphatic rings. The minimum absolute atomic E-state index is 0.108. The summed E-state index contributed by atoms with van der Waals surface area (Å²) in [5.74, 6) is 0.0934. The molecular weight excluding hydrogens is 203 g/mol. The Labute approximate surface area is 88.8 Å². The van der Waals surface area contributed by atoms with E-state index in [9.17, 15) is 4.39 Å². The van der Waals surface area contributed by atoms with Gasteiger partial charge in [0.1, 0.15) is 11.6 Å². The van der Waals surface area contributed by atoms with Crippen molar-refractivity contribution in [2.75, 3.05) is 7.11 Å². The summed E-state index contributed by atoms with van der Waals surface area (Å²) < 4.78 is 18.2. The van der Waals surface area contributed by atoms with E-state index in [0.717, 1.165) is 5.56 Å². The summed E-state index contributed by atoms with van der Waals surface area (Å²) in [6.07, 6.45) is 0. The summed E-state index contributed by atoms with van der Waals surface area (Å²) in [6.45, 7) is 6.08. The number of ether oxygens (including phenoxy) is 1. The molecule has 3 heteroatoms. The van der Waals surface area contributed by atoms with Crippen LogP contribution in [-0.4, -0.2) is 7.11 Å². The van der Waals surface area contributed by atoms with Crippen molar-refractivity contribution in [3.05, 3.63) is 28.5 Å². The van der Waals surface area contributed by atoms with Crippen LogP contribution in [-0.2, 0) is 5.41 Å². The average Bonchev–Trinajstić information content (AvgIpc) is 2.07. The van der Waals surface area contributed by atoms with E-state index in [2.05, 4.69) is 0 Å². The van der Waals surface area contributed by atoms with Gasteiger partial charge in [0.2, 0.25) is 0 Å². The van der Waals surface area contributed by atoms with Crippen LogP contribution in [0.3, 0.4) is 0 Å². The van der Waals surface area contributed by atoms with Gasteiger partial charge in [0.05, 0.1) is 12.1 Å². The molecule has 0 radical (unpaired) electrons. The zero-order valence-electron chi connectivity index (χ0n) is 8.82. The third-order valence-corrected chi connectivity index (χ3v) is 2.34. The van der Waals surface area contributed by atoms with Gasteiger partial charge in [-0.25, -0.2) is 4.39 Å². The van der Waals surface area contributed by atoms with Gasteiger partial charge in [-0.3, -0.25) is 0 Å². The molecule has 0 aliphatic heterocycles. The van der Waals surface area contributed by atoms with Crippen molar-refractivity contribution in [2.45, 2.75) is 26.2 Å². The number of benzene rings is 1. The highest BCUT2D eigenvalue weighted by Crippen LogP contribution is 2.34. The van der Waals surface area contributed by atoms with Crippen LogP contribution in [0.5, 0.6) is 5.75 Å². The van der Waals surface area contributed by atoms with Crippen molar-refractivity contribution in [3.63, 3.8) is 0 Å². The molecule has 1 rings (SSSR count). The molecule has 0 saturated heterocycles. The Balaban J connectivity index is 3.35. The van der Waals surface area contributed by atoms with E-state index in [1.54, 1.807) is 6.07 Å². The first-order chi connectivity index (χ1) is 6.36. The normalized spacial score (nSPS) is 11.6. The molecule has 78 valence electrons. The predicted molar refractivity (Wildman–Crippen MR) is 56.7 cm³/mol. The van der Waals surface area contributed by atoms with Crippen LogP contribution in [0.2, 0.25) is 5.02 Å². The zero-order valence-corrected chi connectivity index (χ0v) is 9.57. The van der Waals surface area contributed by atoms with Gasteiger partial charge in [0, 0.05) is 11.6 Å². The number of halogens is 2. The molecule has 0 N–H and O–H groups in total. The zero-order chi connectivity index (χ0) is 10.9. The van der Waals surface area contributed by atoms with Crippen LogP contribution < -0.4 is 4.74 Å². The molecule has 0 spiro atoms. The Kier molecular flexibility index (Phi) is 3.05. The Bertz CT molecular complexity index is 342. The number of methoxy groups -OCH3 is 1. The van der Waals surface area contributed by atoms with Crippen LogP contribution in [0.1, 0.15) is 26.3 Å². The standard InChI is InChI=1S/C11H14ClFO/c1-11(2,3)7-5-8(12)9(13)6-10(7)14-4/h5-6H,1-4H3. The van der Waals surface area contributed by atoms with Crippen molar-refractivity contribution in [1.29, 1.82) is 0 Å². The number of hydrogen-bond acceptors (Lipinski definition) is 1. The summed E-state index contributed by atoms with van der Waals surface area (Å²) in [6, 6.07) is 2.94. The van der Waals surface area contributed by atoms with Gasteiger partial charge in [0.15, 0.2) is 0 Å². The summed E-state index contributed by atoms with van der Waals surface area (Å²) in [5.41, 5.74) is 0.800. The maximum atomic E-state index is 13.1. The first-order valence-corrected chi connectivity index (χ1v) is 4.77. The van der Waals surface area contributed by atoms with E-state index in [0.29, 0.717) is 5.75 Å². The molecule has 0 amide bonds. The van der Waals surface area contributed by atoms with Gasteiger partial charge < -0.3 is 4.74 Å². The van der Waals surface area contributed by atoms with E-state index < -0.39 is 5.82 Å². The van der Waals surface area contributed by atoms with Crippen molar-refractivity contribution < 1.29 is 9.13 Å². The second kappa shape index (κ2) is 3.77. The van der Waals surface area contributed by atoms with Gasteiger partial charge in [-0.05, 0) is 11.5 Å². The van der Waals surface area contributed by atoms with Gasteiger partial charge in [-0.2, -0.15) is 0 Å². The molecule has 1 aromatic rings. The lowest BCUT2D eigenvalue weighted by atomic mass is 9.86. The Hall–Kier alpha value is -0.760. The molecule has 0 fully saturated rings. The fourth-order valence-electron chi connectivity index (χ4n) is 1.28. The highest BCUT2D eigenvalue weighted by molar-refractivity contribution is 6.30. The third kappa shape index (κ3) is 2.18. The first-order valence-electron chi connectivity index (χ1n) is 4.40. The Morgan fingerprint density at radius 2 is 1.86 bits per heavy atom. The fraction of sp³-hybridized carbons (Fsp3) is 0.455. The average molecular weight is 217 g/mol. The van der Waals surface area contributed by atoms with Crippen LogP contribution >= 0.6 is 11.6 Å². The van der Waals surface area contributed by atoms with Crippen LogP contribution in [0.25, 0.3) is 0 Å². The Morgan fingerprint density at radius 3 is 2.29 bits per heavy atom. The van der Waals surface area contributed by atoms with Crippen LogP contribution in [0.4, 0.5) is 4.39 Å².